The summed E-state index contributed by atoms with van der Waals surface area (Å²) in [6.45, 7) is 1.59. The number of benzene rings is 1. The number of hydrogen-bond acceptors (Lipinski definition) is 11. The Kier molecular flexibility index (Phi) is 3.69. The van der Waals surface area contributed by atoms with Gasteiger partial charge in [0.2, 0.25) is 0 Å². The molecule has 29 heavy (non-hydrogen) atoms. The van der Waals surface area contributed by atoms with Gasteiger partial charge in [-0.25, -0.2) is 24.9 Å². The Morgan fingerprint density at radius 2 is 1.31 bits per heavy atom. The van der Waals surface area contributed by atoms with Crippen LogP contribution in [0.3, 0.4) is 0 Å². The lowest BCUT2D eigenvalue weighted by molar-refractivity contribution is 1.11. The number of nitrogens with one attached hydrogen (secondary N) is 1. The molecule has 1 aromatic carbocycles. The van der Waals surface area contributed by atoms with Gasteiger partial charge in [-0.05, 0) is 6.92 Å². The maximum Gasteiger partial charge on any atom is 0.177 e. The molecule has 1 atom stereocenters. The van der Waals surface area contributed by atoms with E-state index in [1.54, 1.807) is 13.0 Å². The van der Waals surface area contributed by atoms with Gasteiger partial charge in [-0.2, -0.15) is 26.3 Å². The molecule has 2 aromatic heterocycles. The SMILES string of the molecule is Cc1nc2c(nc1C#N)c1c(c3nc(C#N)c(C#N)nc32)N=C(C#N)C(C#N)N1. The van der Waals surface area contributed by atoms with E-state index >= 15 is 0 Å². The number of nitrogens with zero attached hydrogens (tertiary/aromatic N) is 10. The number of aromatic nitrogens is 4. The lowest BCUT2D eigenvalue weighted by Crippen LogP contribution is -2.29. The van der Waals surface area contributed by atoms with Crippen molar-refractivity contribution >= 4 is 39.2 Å². The van der Waals surface area contributed by atoms with Crippen LogP contribution in [0.2, 0.25) is 0 Å². The number of aliphatic imine (C=N–C) groups is 1. The minimum atomic E-state index is -1.04. The lowest BCUT2D eigenvalue weighted by atomic mass is 10.1. The summed E-state index contributed by atoms with van der Waals surface area (Å²) in [5.41, 5.74) is 0.935. The van der Waals surface area contributed by atoms with E-state index in [2.05, 4.69) is 30.2 Å². The van der Waals surface area contributed by atoms with Crippen LogP contribution in [0.5, 0.6) is 0 Å². The monoisotopic (exact) mass is 375 g/mol. The summed E-state index contributed by atoms with van der Waals surface area (Å²) in [5, 5.41) is 49.5. The fraction of sp³-hybridized carbons (Fsp3) is 0.111. The van der Waals surface area contributed by atoms with Gasteiger partial charge < -0.3 is 5.32 Å². The molecule has 1 aliphatic heterocycles. The van der Waals surface area contributed by atoms with Crippen molar-refractivity contribution in [1.29, 1.82) is 26.3 Å². The molecule has 1 aliphatic rings. The Morgan fingerprint density at radius 3 is 1.90 bits per heavy atom. The second kappa shape index (κ2) is 6.21. The highest BCUT2D eigenvalue weighted by atomic mass is 15.1. The van der Waals surface area contributed by atoms with E-state index in [1.165, 1.54) is 0 Å². The number of anilines is 1. The Labute approximate surface area is 162 Å². The Hall–Kier alpha value is -5.18. The molecular formula is C18H5N11. The quantitative estimate of drug-likeness (QED) is 0.561. The summed E-state index contributed by atoms with van der Waals surface area (Å²) in [6.07, 6.45) is 0. The minimum absolute atomic E-state index is 0.0616. The van der Waals surface area contributed by atoms with Gasteiger partial charge in [0.15, 0.2) is 28.8 Å². The van der Waals surface area contributed by atoms with Gasteiger partial charge >= 0.3 is 0 Å². The molecule has 11 heteroatoms. The van der Waals surface area contributed by atoms with Crippen molar-refractivity contribution in [2.24, 2.45) is 4.99 Å². The van der Waals surface area contributed by atoms with Gasteiger partial charge in [0.25, 0.3) is 0 Å². The molecule has 0 saturated carbocycles. The van der Waals surface area contributed by atoms with Crippen molar-refractivity contribution in [2.45, 2.75) is 13.0 Å². The maximum atomic E-state index is 9.36. The fourth-order valence-electron chi connectivity index (χ4n) is 2.94. The predicted molar refractivity (Wildman–Crippen MR) is 97.2 cm³/mol. The molecule has 1 N–H and O–H groups in total. The van der Waals surface area contributed by atoms with E-state index in [1.807, 2.05) is 24.3 Å². The molecule has 3 aromatic rings. The molecule has 0 saturated heterocycles. The summed E-state index contributed by atoms with van der Waals surface area (Å²) < 4.78 is 0. The van der Waals surface area contributed by atoms with E-state index in [0.29, 0.717) is 5.69 Å². The average Bonchev–Trinajstić information content (AvgIpc) is 2.76. The normalized spacial score (nSPS) is 14.3. The van der Waals surface area contributed by atoms with Crippen LogP contribution in [0.1, 0.15) is 22.8 Å². The third kappa shape index (κ3) is 2.35. The topological polar surface area (TPSA) is 195 Å². The number of aryl methyl sites for hydroxylation is 1. The molecule has 1 unspecified atom stereocenters. The second-order valence-corrected chi connectivity index (χ2v) is 5.85. The van der Waals surface area contributed by atoms with Crippen LogP contribution in [0.4, 0.5) is 11.4 Å². The number of fused-ring (bicyclic) bond motifs is 6. The van der Waals surface area contributed by atoms with E-state index in [0.717, 1.165) is 0 Å². The molecule has 3 heterocycles. The maximum absolute atomic E-state index is 9.36. The first kappa shape index (κ1) is 17.2. The van der Waals surface area contributed by atoms with Crippen LogP contribution in [0, 0.1) is 63.6 Å². The van der Waals surface area contributed by atoms with E-state index in [-0.39, 0.29) is 56.2 Å². The van der Waals surface area contributed by atoms with Crippen LogP contribution >= 0.6 is 0 Å². The molecule has 4 rings (SSSR count). The molecule has 0 aliphatic carbocycles. The third-order valence-corrected chi connectivity index (χ3v) is 4.24. The molecule has 0 bridgehead atoms. The van der Waals surface area contributed by atoms with Crippen molar-refractivity contribution in [1.82, 2.24) is 19.9 Å². The molecule has 0 amide bonds. The highest BCUT2D eigenvalue weighted by Crippen LogP contribution is 2.42. The zero-order valence-corrected chi connectivity index (χ0v) is 14.5. The molecular weight excluding hydrogens is 370 g/mol. The first-order valence-corrected chi connectivity index (χ1v) is 7.97. The first-order chi connectivity index (χ1) is 14.1. The average molecular weight is 375 g/mol. The summed E-state index contributed by atoms with van der Waals surface area (Å²) >= 11 is 0. The van der Waals surface area contributed by atoms with E-state index < -0.39 is 6.04 Å². The van der Waals surface area contributed by atoms with Gasteiger partial charge in [0, 0.05) is 0 Å². The highest BCUT2D eigenvalue weighted by molar-refractivity contribution is 6.20. The van der Waals surface area contributed by atoms with Crippen molar-refractivity contribution < 1.29 is 0 Å². The van der Waals surface area contributed by atoms with Crippen LogP contribution in [-0.4, -0.2) is 31.7 Å². The summed E-state index contributed by atoms with van der Waals surface area (Å²) in [4.78, 5) is 21.3. The van der Waals surface area contributed by atoms with Gasteiger partial charge in [0.1, 0.15) is 52.0 Å². The first-order valence-electron chi connectivity index (χ1n) is 7.97. The molecule has 132 valence electrons. The predicted octanol–water partition coefficient (Wildman–Crippen LogP) is 1.41. The van der Waals surface area contributed by atoms with Crippen LogP contribution in [0.25, 0.3) is 22.1 Å². The summed E-state index contributed by atoms with van der Waals surface area (Å²) in [5.74, 6) is 0. The Balaban J connectivity index is 2.29. The molecule has 11 nitrogen and oxygen atoms in total. The van der Waals surface area contributed by atoms with Crippen LogP contribution < -0.4 is 5.32 Å². The fourth-order valence-corrected chi connectivity index (χ4v) is 2.94. The lowest BCUT2D eigenvalue weighted by Gasteiger charge is -2.21. The van der Waals surface area contributed by atoms with Crippen LogP contribution in [0.15, 0.2) is 4.99 Å². The molecule has 0 fully saturated rings. The zero-order chi connectivity index (χ0) is 20.7. The summed E-state index contributed by atoms with van der Waals surface area (Å²) in [6, 6.07) is 8.31. The number of hydrogen-bond donors (Lipinski definition) is 1. The van der Waals surface area contributed by atoms with Gasteiger partial charge in [-0.15, -0.1) is 0 Å². The minimum Gasteiger partial charge on any atom is -0.361 e. The number of rotatable bonds is 0. The third-order valence-electron chi connectivity index (χ3n) is 4.24. The largest absolute Gasteiger partial charge is 0.361 e. The zero-order valence-electron chi connectivity index (χ0n) is 14.5. The standard InChI is InChI=1S/C18H5N11/c1-7-8(2-19)25-14-13(24-7)15-17(28-10(4-21)9(3-20)26-15)18-16(14)27-11(5-22)12(6-23)29-18/h11,27H,1H3. The smallest absolute Gasteiger partial charge is 0.177 e. The molecule has 0 radical (unpaired) electrons. The molecule has 0 spiro atoms. The van der Waals surface area contributed by atoms with Gasteiger partial charge in [0.05, 0.1) is 17.5 Å². The van der Waals surface area contributed by atoms with Crippen molar-refractivity contribution in [3.05, 3.63) is 22.8 Å². The number of nitriles is 5. The van der Waals surface area contributed by atoms with E-state index in [4.69, 9.17) is 0 Å². The van der Waals surface area contributed by atoms with Gasteiger partial charge in [-0.1, -0.05) is 0 Å². The highest BCUT2D eigenvalue weighted by Gasteiger charge is 2.29. The van der Waals surface area contributed by atoms with E-state index in [9.17, 15) is 26.3 Å². The summed E-state index contributed by atoms with van der Waals surface area (Å²) in [7, 11) is 0. The second-order valence-electron chi connectivity index (χ2n) is 5.85. The Morgan fingerprint density at radius 1 is 0.724 bits per heavy atom. The van der Waals surface area contributed by atoms with Gasteiger partial charge in [-0.3, -0.25) is 0 Å². The van der Waals surface area contributed by atoms with Crippen molar-refractivity contribution in [3.8, 4) is 30.3 Å². The van der Waals surface area contributed by atoms with Crippen molar-refractivity contribution in [3.63, 3.8) is 0 Å². The van der Waals surface area contributed by atoms with Crippen molar-refractivity contribution in [2.75, 3.05) is 5.32 Å². The van der Waals surface area contributed by atoms with Crippen LogP contribution in [-0.2, 0) is 0 Å². The Bertz CT molecular complexity index is 1500.